The third kappa shape index (κ3) is 2.48. The molecule has 2 aromatic rings. The van der Waals surface area contributed by atoms with E-state index < -0.39 is 21.8 Å². The van der Waals surface area contributed by atoms with Gasteiger partial charge in [0.2, 0.25) is 9.84 Å². The molecule has 0 amide bonds. The molecule has 9 heteroatoms. The summed E-state index contributed by atoms with van der Waals surface area (Å²) >= 11 is 2.12. The van der Waals surface area contributed by atoms with Gasteiger partial charge in [-0.15, -0.1) is 22.7 Å². The standard InChI is InChI=1S/C14H12O6S3/c1-3-19-13(15)7-5-9-11(21-7)12-10(23(9,17)18)6-8(22-12)14(16)20-4-2/h5-6H,3-4H2,1-2H3. The molecule has 0 atom stereocenters. The zero-order valence-electron chi connectivity index (χ0n) is 12.2. The van der Waals surface area contributed by atoms with Crippen LogP contribution in [0.5, 0.6) is 0 Å². The van der Waals surface area contributed by atoms with Gasteiger partial charge in [-0.05, 0) is 26.0 Å². The second-order valence-corrected chi connectivity index (χ2v) is 8.54. The highest BCUT2D eigenvalue weighted by Gasteiger charge is 2.39. The molecule has 0 unspecified atom stereocenters. The van der Waals surface area contributed by atoms with Crippen LogP contribution in [0, 0.1) is 0 Å². The number of hydrogen-bond acceptors (Lipinski definition) is 8. The van der Waals surface area contributed by atoms with Crippen molar-refractivity contribution in [2.75, 3.05) is 13.2 Å². The number of carbonyl (C=O) groups is 2. The summed E-state index contributed by atoms with van der Waals surface area (Å²) in [5.41, 5.74) is 0. The van der Waals surface area contributed by atoms with Crippen LogP contribution >= 0.6 is 22.7 Å². The predicted molar refractivity (Wildman–Crippen MR) is 85.0 cm³/mol. The van der Waals surface area contributed by atoms with Gasteiger partial charge < -0.3 is 9.47 Å². The summed E-state index contributed by atoms with van der Waals surface area (Å²) < 4.78 is 34.9. The summed E-state index contributed by atoms with van der Waals surface area (Å²) in [5, 5.41) is 0. The molecule has 0 aliphatic carbocycles. The van der Waals surface area contributed by atoms with Crippen LogP contribution in [0.3, 0.4) is 0 Å². The molecule has 0 saturated carbocycles. The molecule has 0 bridgehead atoms. The molecule has 0 spiro atoms. The van der Waals surface area contributed by atoms with E-state index in [-0.39, 0.29) is 32.8 Å². The van der Waals surface area contributed by atoms with Crippen LogP contribution in [0.4, 0.5) is 0 Å². The zero-order valence-corrected chi connectivity index (χ0v) is 14.7. The van der Waals surface area contributed by atoms with E-state index in [0.717, 1.165) is 22.7 Å². The molecule has 6 nitrogen and oxygen atoms in total. The lowest BCUT2D eigenvalue weighted by atomic mass is 10.3. The van der Waals surface area contributed by atoms with Crippen molar-refractivity contribution in [3.05, 3.63) is 21.9 Å². The maximum Gasteiger partial charge on any atom is 0.348 e. The van der Waals surface area contributed by atoms with Gasteiger partial charge in [0.1, 0.15) is 9.75 Å². The summed E-state index contributed by atoms with van der Waals surface area (Å²) in [4.78, 5) is 25.2. The molecular formula is C14H12O6S3. The maximum absolute atomic E-state index is 12.6. The van der Waals surface area contributed by atoms with E-state index in [9.17, 15) is 18.0 Å². The monoisotopic (exact) mass is 372 g/mol. The molecule has 1 aliphatic rings. The van der Waals surface area contributed by atoms with Crippen LogP contribution in [0.1, 0.15) is 33.2 Å². The van der Waals surface area contributed by atoms with Gasteiger partial charge in [0.25, 0.3) is 0 Å². The van der Waals surface area contributed by atoms with Crippen LogP contribution in [0.15, 0.2) is 21.9 Å². The number of esters is 2. The van der Waals surface area contributed by atoms with Crippen molar-refractivity contribution in [2.45, 2.75) is 23.6 Å². The molecule has 0 saturated heterocycles. The van der Waals surface area contributed by atoms with E-state index >= 15 is 0 Å². The SMILES string of the molecule is CCOC(=O)c1cc2c(s1)-c1sc(C(=O)OCC)cc1S2(=O)=O. The Kier molecular flexibility index (Phi) is 4.03. The van der Waals surface area contributed by atoms with Gasteiger partial charge in [-0.3, -0.25) is 0 Å². The van der Waals surface area contributed by atoms with E-state index in [2.05, 4.69) is 0 Å². The van der Waals surface area contributed by atoms with Gasteiger partial charge in [-0.1, -0.05) is 0 Å². The minimum atomic E-state index is -3.71. The Bertz CT molecular complexity index is 835. The Balaban J connectivity index is 2.09. The summed E-state index contributed by atoms with van der Waals surface area (Å²) in [6.45, 7) is 3.79. The molecule has 0 fully saturated rings. The molecule has 0 N–H and O–H groups in total. The van der Waals surface area contributed by atoms with E-state index in [0.29, 0.717) is 9.75 Å². The highest BCUT2D eigenvalue weighted by Crippen LogP contribution is 2.51. The third-order valence-corrected chi connectivity index (χ3v) is 7.59. The van der Waals surface area contributed by atoms with Crippen LogP contribution in [-0.4, -0.2) is 33.6 Å². The normalized spacial score (nSPS) is 14.2. The van der Waals surface area contributed by atoms with Gasteiger partial charge in [-0.2, -0.15) is 0 Å². The fourth-order valence-corrected chi connectivity index (χ4v) is 6.90. The minimum Gasteiger partial charge on any atom is -0.462 e. The van der Waals surface area contributed by atoms with Crippen molar-refractivity contribution >= 4 is 44.4 Å². The number of rotatable bonds is 4. The Labute approximate surface area is 140 Å². The van der Waals surface area contributed by atoms with E-state index in [1.54, 1.807) is 13.8 Å². The number of ether oxygens (including phenoxy) is 2. The fourth-order valence-electron chi connectivity index (χ4n) is 2.19. The number of fused-ring (bicyclic) bond motifs is 3. The van der Waals surface area contributed by atoms with Crippen molar-refractivity contribution in [3.8, 4) is 9.75 Å². The Hall–Kier alpha value is -1.71. The highest BCUT2D eigenvalue weighted by atomic mass is 32.2. The molecule has 2 aromatic heterocycles. The average molecular weight is 372 g/mol. The van der Waals surface area contributed by atoms with Gasteiger partial charge in [0.05, 0.1) is 32.8 Å². The van der Waals surface area contributed by atoms with Crippen molar-refractivity contribution in [3.63, 3.8) is 0 Å². The lowest BCUT2D eigenvalue weighted by Crippen LogP contribution is -2.03. The second-order valence-electron chi connectivity index (χ2n) is 4.55. The van der Waals surface area contributed by atoms with Crippen LogP contribution in [0.2, 0.25) is 0 Å². The van der Waals surface area contributed by atoms with Gasteiger partial charge in [0, 0.05) is 0 Å². The Morgan fingerprint density at radius 1 is 0.913 bits per heavy atom. The molecule has 0 aromatic carbocycles. The largest absolute Gasteiger partial charge is 0.462 e. The smallest absolute Gasteiger partial charge is 0.348 e. The van der Waals surface area contributed by atoms with E-state index in [1.165, 1.54) is 12.1 Å². The second kappa shape index (κ2) is 5.73. The topological polar surface area (TPSA) is 86.7 Å². The lowest BCUT2D eigenvalue weighted by Gasteiger charge is -1.98. The summed E-state index contributed by atoms with van der Waals surface area (Å²) in [6.07, 6.45) is 0. The number of carbonyl (C=O) groups excluding carboxylic acids is 2. The molecule has 3 rings (SSSR count). The molecule has 122 valence electrons. The first-order valence-corrected chi connectivity index (χ1v) is 9.89. The van der Waals surface area contributed by atoms with Crippen molar-refractivity contribution in [1.29, 1.82) is 0 Å². The highest BCUT2D eigenvalue weighted by molar-refractivity contribution is 7.92. The van der Waals surface area contributed by atoms with Crippen molar-refractivity contribution in [2.24, 2.45) is 0 Å². The van der Waals surface area contributed by atoms with Crippen LogP contribution in [0.25, 0.3) is 9.75 Å². The quantitative estimate of drug-likeness (QED) is 0.655. The zero-order chi connectivity index (χ0) is 16.8. The molecular weight excluding hydrogens is 360 g/mol. The molecule has 0 radical (unpaired) electrons. The number of thiophene rings is 2. The average Bonchev–Trinajstić information content (AvgIpc) is 3.15. The summed E-state index contributed by atoms with van der Waals surface area (Å²) in [5.74, 6) is -1.10. The fraction of sp³-hybridized carbons (Fsp3) is 0.286. The van der Waals surface area contributed by atoms with Crippen LogP contribution < -0.4 is 0 Å². The van der Waals surface area contributed by atoms with Gasteiger partial charge in [0.15, 0.2) is 0 Å². The Morgan fingerprint density at radius 3 is 1.65 bits per heavy atom. The maximum atomic E-state index is 12.6. The molecule has 23 heavy (non-hydrogen) atoms. The van der Waals surface area contributed by atoms with Crippen molar-refractivity contribution in [1.82, 2.24) is 0 Å². The van der Waals surface area contributed by atoms with E-state index in [4.69, 9.17) is 9.47 Å². The summed E-state index contributed by atoms with van der Waals surface area (Å²) in [6, 6.07) is 2.67. The first-order valence-electron chi connectivity index (χ1n) is 6.77. The lowest BCUT2D eigenvalue weighted by molar-refractivity contribution is 0.0522. The van der Waals surface area contributed by atoms with Gasteiger partial charge >= 0.3 is 11.9 Å². The van der Waals surface area contributed by atoms with Crippen molar-refractivity contribution < 1.29 is 27.5 Å². The first kappa shape index (κ1) is 16.2. The Morgan fingerprint density at radius 2 is 1.30 bits per heavy atom. The summed E-state index contributed by atoms with van der Waals surface area (Å²) in [7, 11) is -3.71. The molecule has 1 aliphatic heterocycles. The number of sulfone groups is 1. The molecule has 3 heterocycles. The van der Waals surface area contributed by atoms with Gasteiger partial charge in [-0.25, -0.2) is 18.0 Å². The van der Waals surface area contributed by atoms with Crippen LogP contribution in [-0.2, 0) is 19.3 Å². The van der Waals surface area contributed by atoms with E-state index in [1.807, 2.05) is 0 Å². The minimum absolute atomic E-state index is 0.0993. The number of hydrogen-bond donors (Lipinski definition) is 0. The predicted octanol–water partition coefficient (Wildman–Crippen LogP) is 2.98. The third-order valence-electron chi connectivity index (χ3n) is 3.13. The first-order chi connectivity index (χ1) is 10.9.